The van der Waals surface area contributed by atoms with Gasteiger partial charge in [-0.1, -0.05) is 12.1 Å². The van der Waals surface area contributed by atoms with Gasteiger partial charge in [0.15, 0.2) is 0 Å². The number of likely N-dealkylation sites (tertiary alicyclic amines) is 1. The number of hydrogen-bond acceptors (Lipinski definition) is 6. The lowest BCUT2D eigenvalue weighted by Crippen LogP contribution is -2.29. The number of nitrogens with one attached hydrogen (secondary N) is 5. The summed E-state index contributed by atoms with van der Waals surface area (Å²) in [6.07, 6.45) is 5.70. The van der Waals surface area contributed by atoms with Crippen molar-refractivity contribution in [2.75, 3.05) is 39.0 Å². The van der Waals surface area contributed by atoms with Crippen LogP contribution in [0.15, 0.2) is 48.7 Å². The highest BCUT2D eigenvalue weighted by molar-refractivity contribution is 6.16. The Morgan fingerprint density at radius 3 is 2.73 bits per heavy atom. The zero-order valence-corrected chi connectivity index (χ0v) is 19.2. The molecule has 3 aromatic rings. The summed E-state index contributed by atoms with van der Waals surface area (Å²) >= 11 is 0. The standard InChI is InChI=1S/C26H33N7/c1-30-17-21(15-27)19-5-6-23(28)22(13-19)26(29)25-14-20-12-18(4-7-24(20)32-25)16-31-8-11-33-9-2-3-10-33/h4-7,12-15,17,27,29-32H,2-3,8-11,16,28H2,1H3/b21-17+,27-15?,29-26?. The van der Waals surface area contributed by atoms with Crippen LogP contribution in [0.3, 0.4) is 0 Å². The topological polar surface area (TPSA) is 117 Å². The molecule has 2 heterocycles. The molecule has 1 saturated heterocycles. The molecule has 2 aromatic carbocycles. The van der Waals surface area contributed by atoms with Gasteiger partial charge in [-0.05, 0) is 67.4 Å². The van der Waals surface area contributed by atoms with Crippen molar-refractivity contribution in [1.29, 1.82) is 10.8 Å². The molecule has 0 aliphatic carbocycles. The van der Waals surface area contributed by atoms with Crippen molar-refractivity contribution in [2.45, 2.75) is 19.4 Å². The zero-order valence-electron chi connectivity index (χ0n) is 19.2. The summed E-state index contributed by atoms with van der Waals surface area (Å²) in [5.41, 5.74) is 12.3. The number of benzene rings is 2. The monoisotopic (exact) mass is 443 g/mol. The van der Waals surface area contributed by atoms with E-state index in [4.69, 9.17) is 16.6 Å². The average Bonchev–Trinajstić information content (AvgIpc) is 3.50. The van der Waals surface area contributed by atoms with E-state index in [0.717, 1.165) is 47.4 Å². The maximum Gasteiger partial charge on any atom is 0.0868 e. The number of nitrogens with zero attached hydrogens (tertiary/aromatic N) is 1. The highest BCUT2D eigenvalue weighted by Crippen LogP contribution is 2.24. The first-order valence-electron chi connectivity index (χ1n) is 11.5. The van der Waals surface area contributed by atoms with Crippen molar-refractivity contribution in [3.05, 3.63) is 71.0 Å². The number of nitrogens with two attached hydrogens (primary N) is 1. The fourth-order valence-corrected chi connectivity index (χ4v) is 4.36. The second kappa shape index (κ2) is 10.5. The molecule has 172 valence electrons. The first kappa shape index (κ1) is 22.8. The minimum atomic E-state index is 0.338. The van der Waals surface area contributed by atoms with Gasteiger partial charge in [0.05, 0.1) is 11.4 Å². The van der Waals surface area contributed by atoms with Crippen LogP contribution in [0.25, 0.3) is 16.5 Å². The SMILES string of the molecule is CN/C=C(\C=N)c1ccc(N)c(C(=N)c2cc3cc(CNCCN4CCCC4)ccc3[nH]2)c1. The molecule has 7 heteroatoms. The molecule has 0 saturated carbocycles. The summed E-state index contributed by atoms with van der Waals surface area (Å²) < 4.78 is 0. The number of nitrogen functional groups attached to an aromatic ring is 1. The summed E-state index contributed by atoms with van der Waals surface area (Å²) in [6, 6.07) is 13.9. The Balaban J connectivity index is 1.48. The third-order valence-electron chi connectivity index (χ3n) is 6.20. The molecule has 33 heavy (non-hydrogen) atoms. The van der Waals surface area contributed by atoms with Crippen LogP contribution >= 0.6 is 0 Å². The number of fused-ring (bicyclic) bond motifs is 1. The number of aromatic nitrogens is 1. The third kappa shape index (κ3) is 5.32. The summed E-state index contributed by atoms with van der Waals surface area (Å²) in [6.45, 7) is 5.40. The molecule has 1 aromatic heterocycles. The van der Waals surface area contributed by atoms with Gasteiger partial charge in [0, 0.05) is 66.8 Å². The predicted octanol–water partition coefficient (Wildman–Crippen LogP) is 3.56. The maximum atomic E-state index is 8.79. The van der Waals surface area contributed by atoms with Gasteiger partial charge in [-0.25, -0.2) is 0 Å². The van der Waals surface area contributed by atoms with Crippen LogP contribution in [-0.4, -0.2) is 55.0 Å². The van der Waals surface area contributed by atoms with Gasteiger partial charge in [-0.3, -0.25) is 5.41 Å². The van der Waals surface area contributed by atoms with E-state index in [1.165, 1.54) is 37.7 Å². The van der Waals surface area contributed by atoms with Gasteiger partial charge in [-0.2, -0.15) is 0 Å². The zero-order chi connectivity index (χ0) is 23.2. The van der Waals surface area contributed by atoms with Crippen LogP contribution in [0, 0.1) is 10.8 Å². The Bertz CT molecular complexity index is 1170. The molecule has 1 aliphatic rings. The largest absolute Gasteiger partial charge is 0.398 e. The Morgan fingerprint density at radius 2 is 1.97 bits per heavy atom. The van der Waals surface area contributed by atoms with E-state index in [0.29, 0.717) is 17.0 Å². The summed E-state index contributed by atoms with van der Waals surface area (Å²) in [5.74, 6) is 0. The Morgan fingerprint density at radius 1 is 1.15 bits per heavy atom. The molecular formula is C26H33N7. The predicted molar refractivity (Wildman–Crippen MR) is 138 cm³/mol. The molecule has 1 aliphatic heterocycles. The number of rotatable bonds is 10. The maximum absolute atomic E-state index is 8.79. The van der Waals surface area contributed by atoms with Crippen molar-refractivity contribution < 1.29 is 0 Å². The van der Waals surface area contributed by atoms with Gasteiger partial charge in [0.1, 0.15) is 0 Å². The van der Waals surface area contributed by atoms with Crippen LogP contribution in [0.4, 0.5) is 5.69 Å². The van der Waals surface area contributed by atoms with Crippen LogP contribution in [0.1, 0.15) is 35.2 Å². The van der Waals surface area contributed by atoms with Crippen LogP contribution in [0.5, 0.6) is 0 Å². The van der Waals surface area contributed by atoms with Crippen molar-refractivity contribution in [2.24, 2.45) is 0 Å². The van der Waals surface area contributed by atoms with Crippen molar-refractivity contribution >= 4 is 34.1 Å². The Labute approximate surface area is 195 Å². The molecule has 7 nitrogen and oxygen atoms in total. The molecule has 0 unspecified atom stereocenters. The van der Waals surface area contributed by atoms with Gasteiger partial charge in [0.25, 0.3) is 0 Å². The Hall–Kier alpha value is -3.42. The normalized spacial score (nSPS) is 14.6. The number of anilines is 1. The number of allylic oxidation sites excluding steroid dienone is 1. The van der Waals surface area contributed by atoms with E-state index in [2.05, 4.69) is 38.7 Å². The molecule has 0 radical (unpaired) electrons. The lowest BCUT2D eigenvalue weighted by molar-refractivity contribution is 0.335. The Kier molecular flexibility index (Phi) is 7.22. The first-order valence-corrected chi connectivity index (χ1v) is 11.5. The van der Waals surface area contributed by atoms with Crippen molar-refractivity contribution in [1.82, 2.24) is 20.5 Å². The van der Waals surface area contributed by atoms with Crippen LogP contribution in [-0.2, 0) is 6.54 Å². The minimum absolute atomic E-state index is 0.338. The molecule has 0 spiro atoms. The number of aromatic amines is 1. The number of hydrogen-bond donors (Lipinski definition) is 6. The van der Waals surface area contributed by atoms with Gasteiger partial charge in [0.2, 0.25) is 0 Å². The van der Waals surface area contributed by atoms with Crippen molar-refractivity contribution in [3.8, 4) is 0 Å². The highest BCUT2D eigenvalue weighted by Gasteiger charge is 2.14. The fraction of sp³-hybridized carbons (Fsp3) is 0.308. The van der Waals surface area contributed by atoms with Gasteiger partial charge in [-0.15, -0.1) is 0 Å². The quantitative estimate of drug-likeness (QED) is 0.163. The van der Waals surface area contributed by atoms with Crippen molar-refractivity contribution in [3.63, 3.8) is 0 Å². The second-order valence-electron chi connectivity index (χ2n) is 8.54. The summed E-state index contributed by atoms with van der Waals surface area (Å²) in [5, 5.41) is 24.0. The smallest absolute Gasteiger partial charge is 0.0868 e. The van der Waals surface area contributed by atoms with Crippen LogP contribution < -0.4 is 16.4 Å². The van der Waals surface area contributed by atoms with E-state index in [1.807, 2.05) is 18.2 Å². The lowest BCUT2D eigenvalue weighted by atomic mass is 9.99. The van der Waals surface area contributed by atoms with Crippen LogP contribution in [0.2, 0.25) is 0 Å². The molecule has 4 rings (SSSR count). The third-order valence-corrected chi connectivity index (χ3v) is 6.20. The lowest BCUT2D eigenvalue weighted by Gasteiger charge is -2.14. The van der Waals surface area contributed by atoms with E-state index < -0.39 is 0 Å². The molecular weight excluding hydrogens is 410 g/mol. The van der Waals surface area contributed by atoms with E-state index >= 15 is 0 Å². The first-order chi connectivity index (χ1) is 16.1. The van der Waals surface area contributed by atoms with E-state index in [1.54, 1.807) is 19.3 Å². The minimum Gasteiger partial charge on any atom is -0.398 e. The average molecular weight is 444 g/mol. The molecule has 0 bridgehead atoms. The molecule has 1 fully saturated rings. The van der Waals surface area contributed by atoms with E-state index in [-0.39, 0.29) is 0 Å². The fourth-order valence-electron chi connectivity index (χ4n) is 4.36. The van der Waals surface area contributed by atoms with E-state index in [9.17, 15) is 0 Å². The molecule has 0 atom stereocenters. The second-order valence-corrected chi connectivity index (χ2v) is 8.54. The summed E-state index contributed by atoms with van der Waals surface area (Å²) in [7, 11) is 1.80. The molecule has 7 N–H and O–H groups in total. The van der Waals surface area contributed by atoms with Gasteiger partial charge < -0.3 is 31.7 Å². The summed E-state index contributed by atoms with van der Waals surface area (Å²) in [4.78, 5) is 5.88. The highest BCUT2D eigenvalue weighted by atomic mass is 15.1. The van der Waals surface area contributed by atoms with Gasteiger partial charge >= 0.3 is 0 Å². The number of H-pyrrole nitrogens is 1. The molecule has 0 amide bonds.